The summed E-state index contributed by atoms with van der Waals surface area (Å²) in [5.74, 6) is 0.804. The number of hydrogen-bond acceptors (Lipinski definition) is 3. The minimum Gasteiger partial charge on any atom is -0.374 e. The molecule has 1 aromatic rings. The van der Waals surface area contributed by atoms with Crippen molar-refractivity contribution in [1.29, 1.82) is 0 Å². The SMILES string of the molecule is CCNCc1cc(C)ccc1N(C)CC1CCN(C)C1. The van der Waals surface area contributed by atoms with E-state index in [2.05, 4.69) is 61.3 Å². The summed E-state index contributed by atoms with van der Waals surface area (Å²) < 4.78 is 0. The zero-order valence-corrected chi connectivity index (χ0v) is 13.4. The van der Waals surface area contributed by atoms with Crippen LogP contribution in [0, 0.1) is 12.8 Å². The lowest BCUT2D eigenvalue weighted by atomic mass is 10.1. The molecule has 0 bridgehead atoms. The van der Waals surface area contributed by atoms with Gasteiger partial charge in [-0.05, 0) is 51.0 Å². The number of aryl methyl sites for hydroxylation is 1. The molecule has 1 unspecified atom stereocenters. The summed E-state index contributed by atoms with van der Waals surface area (Å²) in [6, 6.07) is 6.82. The summed E-state index contributed by atoms with van der Waals surface area (Å²) in [6.07, 6.45) is 1.33. The molecule has 3 nitrogen and oxygen atoms in total. The second-order valence-electron chi connectivity index (χ2n) is 6.21. The van der Waals surface area contributed by atoms with Gasteiger partial charge in [0.2, 0.25) is 0 Å². The molecule has 2 rings (SSSR count). The molecular formula is C17H29N3. The predicted octanol–water partition coefficient (Wildman–Crippen LogP) is 2.49. The Balaban J connectivity index is 2.05. The van der Waals surface area contributed by atoms with Crippen molar-refractivity contribution in [3.63, 3.8) is 0 Å². The predicted molar refractivity (Wildman–Crippen MR) is 87.4 cm³/mol. The molecule has 1 fully saturated rings. The number of likely N-dealkylation sites (tertiary alicyclic amines) is 1. The first kappa shape index (κ1) is 15.3. The van der Waals surface area contributed by atoms with E-state index in [-0.39, 0.29) is 0 Å². The van der Waals surface area contributed by atoms with Gasteiger partial charge in [-0.1, -0.05) is 24.6 Å². The quantitative estimate of drug-likeness (QED) is 0.860. The molecule has 1 atom stereocenters. The molecule has 1 N–H and O–H groups in total. The fourth-order valence-electron chi connectivity index (χ4n) is 3.15. The second kappa shape index (κ2) is 7.09. The third kappa shape index (κ3) is 3.97. The lowest BCUT2D eigenvalue weighted by molar-refractivity contribution is 0.396. The van der Waals surface area contributed by atoms with Crippen LogP contribution in [0.2, 0.25) is 0 Å². The lowest BCUT2D eigenvalue weighted by Crippen LogP contribution is -2.28. The first-order valence-corrected chi connectivity index (χ1v) is 7.80. The Bertz CT molecular complexity index is 430. The van der Waals surface area contributed by atoms with Crippen LogP contribution < -0.4 is 10.2 Å². The summed E-state index contributed by atoms with van der Waals surface area (Å²) in [7, 11) is 4.46. The van der Waals surface area contributed by atoms with Crippen LogP contribution in [0.5, 0.6) is 0 Å². The lowest BCUT2D eigenvalue weighted by Gasteiger charge is -2.26. The zero-order chi connectivity index (χ0) is 14.5. The first-order chi connectivity index (χ1) is 9.60. The van der Waals surface area contributed by atoms with Crippen LogP contribution in [0.1, 0.15) is 24.5 Å². The second-order valence-corrected chi connectivity index (χ2v) is 6.21. The van der Waals surface area contributed by atoms with Crippen LogP contribution >= 0.6 is 0 Å². The van der Waals surface area contributed by atoms with Crippen molar-refractivity contribution in [2.24, 2.45) is 5.92 Å². The first-order valence-electron chi connectivity index (χ1n) is 7.80. The van der Waals surface area contributed by atoms with Crippen LogP contribution in [0.4, 0.5) is 5.69 Å². The number of hydrogen-bond donors (Lipinski definition) is 1. The highest BCUT2D eigenvalue weighted by Gasteiger charge is 2.21. The van der Waals surface area contributed by atoms with E-state index < -0.39 is 0 Å². The molecule has 1 aromatic carbocycles. The van der Waals surface area contributed by atoms with Gasteiger partial charge in [-0.15, -0.1) is 0 Å². The normalized spacial score (nSPS) is 19.5. The van der Waals surface area contributed by atoms with Crippen LogP contribution in [-0.4, -0.2) is 45.2 Å². The Morgan fingerprint density at radius 3 is 2.85 bits per heavy atom. The molecule has 1 heterocycles. The van der Waals surface area contributed by atoms with E-state index in [1.165, 1.54) is 36.3 Å². The topological polar surface area (TPSA) is 18.5 Å². The van der Waals surface area contributed by atoms with E-state index in [1.807, 2.05) is 0 Å². The molecule has 0 spiro atoms. The molecule has 1 aliphatic rings. The molecule has 1 aliphatic heterocycles. The van der Waals surface area contributed by atoms with Crippen molar-refractivity contribution < 1.29 is 0 Å². The van der Waals surface area contributed by atoms with Gasteiger partial charge in [0.25, 0.3) is 0 Å². The summed E-state index contributed by atoms with van der Waals surface area (Å²) in [5.41, 5.74) is 4.14. The van der Waals surface area contributed by atoms with Crippen molar-refractivity contribution in [3.05, 3.63) is 29.3 Å². The standard InChI is InChI=1S/C17H29N3/c1-5-18-11-16-10-14(2)6-7-17(16)20(4)13-15-8-9-19(3)12-15/h6-7,10,15,18H,5,8-9,11-13H2,1-4H3. The number of rotatable bonds is 6. The third-order valence-electron chi connectivity index (χ3n) is 4.23. The van der Waals surface area contributed by atoms with E-state index in [0.29, 0.717) is 0 Å². The fraction of sp³-hybridized carbons (Fsp3) is 0.647. The van der Waals surface area contributed by atoms with Gasteiger partial charge < -0.3 is 15.1 Å². The minimum atomic E-state index is 0.804. The molecule has 0 amide bonds. The van der Waals surface area contributed by atoms with E-state index >= 15 is 0 Å². The molecule has 1 saturated heterocycles. The van der Waals surface area contributed by atoms with Crippen molar-refractivity contribution in [2.75, 3.05) is 45.2 Å². The Hall–Kier alpha value is -1.06. The smallest absolute Gasteiger partial charge is 0.0409 e. The number of nitrogens with zero attached hydrogens (tertiary/aromatic N) is 2. The Morgan fingerprint density at radius 1 is 1.40 bits per heavy atom. The molecule has 0 aliphatic carbocycles. The van der Waals surface area contributed by atoms with Crippen LogP contribution in [0.15, 0.2) is 18.2 Å². The van der Waals surface area contributed by atoms with Gasteiger partial charge in [0.15, 0.2) is 0 Å². The van der Waals surface area contributed by atoms with Crippen molar-refractivity contribution in [2.45, 2.75) is 26.8 Å². The Labute approximate surface area is 124 Å². The molecule has 20 heavy (non-hydrogen) atoms. The highest BCUT2D eigenvalue weighted by Crippen LogP contribution is 2.24. The van der Waals surface area contributed by atoms with Crippen LogP contribution in [0.25, 0.3) is 0 Å². The monoisotopic (exact) mass is 275 g/mol. The van der Waals surface area contributed by atoms with E-state index in [4.69, 9.17) is 0 Å². The van der Waals surface area contributed by atoms with Crippen molar-refractivity contribution >= 4 is 5.69 Å². The maximum atomic E-state index is 3.45. The van der Waals surface area contributed by atoms with Crippen LogP contribution in [-0.2, 0) is 6.54 Å². The highest BCUT2D eigenvalue weighted by molar-refractivity contribution is 5.54. The van der Waals surface area contributed by atoms with Gasteiger partial charge in [-0.2, -0.15) is 0 Å². The van der Waals surface area contributed by atoms with E-state index in [1.54, 1.807) is 0 Å². The van der Waals surface area contributed by atoms with Gasteiger partial charge in [0.05, 0.1) is 0 Å². The fourth-order valence-corrected chi connectivity index (χ4v) is 3.15. The summed E-state index contributed by atoms with van der Waals surface area (Å²) >= 11 is 0. The largest absolute Gasteiger partial charge is 0.374 e. The minimum absolute atomic E-state index is 0.804. The zero-order valence-electron chi connectivity index (χ0n) is 13.4. The Morgan fingerprint density at radius 2 is 2.20 bits per heavy atom. The van der Waals surface area contributed by atoms with E-state index in [0.717, 1.165) is 25.6 Å². The molecule has 0 aromatic heterocycles. The van der Waals surface area contributed by atoms with Crippen LogP contribution in [0.3, 0.4) is 0 Å². The third-order valence-corrected chi connectivity index (χ3v) is 4.23. The van der Waals surface area contributed by atoms with Crippen molar-refractivity contribution in [1.82, 2.24) is 10.2 Å². The number of nitrogens with one attached hydrogen (secondary N) is 1. The maximum Gasteiger partial charge on any atom is 0.0409 e. The highest BCUT2D eigenvalue weighted by atomic mass is 15.2. The average molecular weight is 275 g/mol. The molecule has 112 valence electrons. The van der Waals surface area contributed by atoms with Crippen molar-refractivity contribution in [3.8, 4) is 0 Å². The number of anilines is 1. The molecule has 0 saturated carbocycles. The van der Waals surface area contributed by atoms with Gasteiger partial charge in [0, 0.05) is 32.4 Å². The summed E-state index contributed by atoms with van der Waals surface area (Å²) in [5, 5.41) is 3.45. The van der Waals surface area contributed by atoms with Gasteiger partial charge in [-0.25, -0.2) is 0 Å². The van der Waals surface area contributed by atoms with Gasteiger partial charge >= 0.3 is 0 Å². The van der Waals surface area contributed by atoms with E-state index in [9.17, 15) is 0 Å². The molecular weight excluding hydrogens is 246 g/mol. The molecule has 0 radical (unpaired) electrons. The Kier molecular flexibility index (Phi) is 5.44. The van der Waals surface area contributed by atoms with Gasteiger partial charge in [-0.3, -0.25) is 0 Å². The summed E-state index contributed by atoms with van der Waals surface area (Å²) in [4.78, 5) is 4.88. The maximum absolute atomic E-state index is 3.45. The molecule has 3 heteroatoms. The number of benzene rings is 1. The average Bonchev–Trinajstić information content (AvgIpc) is 2.81. The van der Waals surface area contributed by atoms with Gasteiger partial charge in [0.1, 0.15) is 0 Å². The summed E-state index contributed by atoms with van der Waals surface area (Å²) in [6.45, 7) is 9.95.